The van der Waals surface area contributed by atoms with Crippen molar-refractivity contribution in [3.8, 4) is 0 Å². The molecule has 0 aliphatic heterocycles. The van der Waals surface area contributed by atoms with Crippen LogP contribution < -0.4 is 0 Å². The monoisotopic (exact) mass is 310 g/mol. The number of imidazole rings is 1. The van der Waals surface area contributed by atoms with Gasteiger partial charge in [-0.2, -0.15) is 0 Å². The Morgan fingerprint density at radius 2 is 1.86 bits per heavy atom. The predicted molar refractivity (Wildman–Crippen MR) is 91.3 cm³/mol. The SMILES string of the molecule is Cc1ccc(C(Cc2ccccc2Cl)Cn2ccnc2)cc1. The molecule has 3 rings (SSSR count). The number of benzene rings is 2. The maximum atomic E-state index is 6.34. The lowest BCUT2D eigenvalue weighted by Gasteiger charge is -2.19. The van der Waals surface area contributed by atoms with Crippen molar-refractivity contribution in [1.29, 1.82) is 0 Å². The van der Waals surface area contributed by atoms with Crippen LogP contribution in [0.1, 0.15) is 22.6 Å². The number of aromatic nitrogens is 2. The normalized spacial score (nSPS) is 12.3. The van der Waals surface area contributed by atoms with Gasteiger partial charge in [0.05, 0.1) is 6.33 Å². The van der Waals surface area contributed by atoms with E-state index in [9.17, 15) is 0 Å². The number of hydrogen-bond acceptors (Lipinski definition) is 1. The van der Waals surface area contributed by atoms with Gasteiger partial charge in [0.1, 0.15) is 0 Å². The van der Waals surface area contributed by atoms with Crippen molar-refractivity contribution in [1.82, 2.24) is 9.55 Å². The van der Waals surface area contributed by atoms with E-state index in [1.165, 1.54) is 16.7 Å². The van der Waals surface area contributed by atoms with E-state index in [2.05, 4.69) is 46.8 Å². The van der Waals surface area contributed by atoms with Crippen molar-refractivity contribution in [3.63, 3.8) is 0 Å². The second-order valence-corrected chi connectivity index (χ2v) is 6.07. The zero-order valence-electron chi connectivity index (χ0n) is 12.6. The van der Waals surface area contributed by atoms with Crippen LogP contribution in [0.5, 0.6) is 0 Å². The lowest BCUT2D eigenvalue weighted by atomic mass is 9.91. The summed E-state index contributed by atoms with van der Waals surface area (Å²) in [4.78, 5) is 4.14. The highest BCUT2D eigenvalue weighted by atomic mass is 35.5. The summed E-state index contributed by atoms with van der Waals surface area (Å²) < 4.78 is 2.13. The number of hydrogen-bond donors (Lipinski definition) is 0. The number of aryl methyl sites for hydroxylation is 1. The number of nitrogens with zero attached hydrogens (tertiary/aromatic N) is 2. The highest BCUT2D eigenvalue weighted by Gasteiger charge is 2.14. The van der Waals surface area contributed by atoms with Crippen molar-refractivity contribution in [3.05, 3.63) is 89.0 Å². The van der Waals surface area contributed by atoms with Gasteiger partial charge in [-0.3, -0.25) is 0 Å². The zero-order chi connectivity index (χ0) is 15.4. The van der Waals surface area contributed by atoms with E-state index in [-0.39, 0.29) is 0 Å². The molecule has 1 aromatic heterocycles. The average molecular weight is 311 g/mol. The summed E-state index contributed by atoms with van der Waals surface area (Å²) in [5, 5.41) is 0.838. The van der Waals surface area contributed by atoms with E-state index in [1.54, 1.807) is 0 Å². The van der Waals surface area contributed by atoms with E-state index in [1.807, 2.05) is 36.9 Å². The molecule has 0 saturated carbocycles. The Morgan fingerprint density at radius 1 is 1.09 bits per heavy atom. The zero-order valence-corrected chi connectivity index (χ0v) is 13.4. The second kappa shape index (κ2) is 6.80. The van der Waals surface area contributed by atoms with Crippen molar-refractivity contribution in [2.45, 2.75) is 25.8 Å². The minimum absolute atomic E-state index is 0.370. The van der Waals surface area contributed by atoms with Crippen LogP contribution in [-0.4, -0.2) is 9.55 Å². The summed E-state index contributed by atoms with van der Waals surface area (Å²) in [5.74, 6) is 0.370. The van der Waals surface area contributed by atoms with Gasteiger partial charge in [-0.05, 0) is 30.5 Å². The summed E-state index contributed by atoms with van der Waals surface area (Å²) in [7, 11) is 0. The fourth-order valence-electron chi connectivity index (χ4n) is 2.71. The quantitative estimate of drug-likeness (QED) is 0.657. The molecule has 0 bridgehead atoms. The third kappa shape index (κ3) is 3.58. The summed E-state index contributed by atoms with van der Waals surface area (Å²) in [5.41, 5.74) is 3.80. The molecule has 1 heterocycles. The fraction of sp³-hybridized carbons (Fsp3) is 0.211. The molecule has 1 unspecified atom stereocenters. The molecular formula is C19H19ClN2. The number of rotatable bonds is 5. The second-order valence-electron chi connectivity index (χ2n) is 5.66. The van der Waals surface area contributed by atoms with Gasteiger partial charge < -0.3 is 4.57 Å². The van der Waals surface area contributed by atoms with E-state index >= 15 is 0 Å². The molecule has 3 heteroatoms. The fourth-order valence-corrected chi connectivity index (χ4v) is 2.92. The Bertz CT molecular complexity index is 717. The molecule has 22 heavy (non-hydrogen) atoms. The molecule has 3 aromatic rings. The van der Waals surface area contributed by atoms with Crippen LogP contribution in [0.3, 0.4) is 0 Å². The summed E-state index contributed by atoms with van der Waals surface area (Å²) in [6.07, 6.45) is 6.62. The molecule has 0 spiro atoms. The Kier molecular flexibility index (Phi) is 4.59. The molecule has 0 N–H and O–H groups in total. The van der Waals surface area contributed by atoms with Gasteiger partial charge in [0, 0.05) is 29.9 Å². The minimum Gasteiger partial charge on any atom is -0.337 e. The summed E-state index contributed by atoms with van der Waals surface area (Å²) in [6, 6.07) is 16.9. The van der Waals surface area contributed by atoms with Gasteiger partial charge in [0.25, 0.3) is 0 Å². The first kappa shape index (κ1) is 14.9. The van der Waals surface area contributed by atoms with Crippen molar-refractivity contribution < 1.29 is 0 Å². The lowest BCUT2D eigenvalue weighted by molar-refractivity contribution is 0.556. The van der Waals surface area contributed by atoms with Crippen LogP contribution in [0, 0.1) is 6.92 Å². The molecule has 112 valence electrons. The molecule has 0 aliphatic rings. The van der Waals surface area contributed by atoms with Crippen LogP contribution in [0.4, 0.5) is 0 Å². The summed E-state index contributed by atoms with van der Waals surface area (Å²) in [6.45, 7) is 3.01. The lowest BCUT2D eigenvalue weighted by Crippen LogP contribution is -2.11. The maximum Gasteiger partial charge on any atom is 0.0946 e. The molecule has 1 atom stereocenters. The van der Waals surface area contributed by atoms with Gasteiger partial charge in [0.15, 0.2) is 0 Å². The van der Waals surface area contributed by atoms with Crippen LogP contribution in [0.2, 0.25) is 5.02 Å². The van der Waals surface area contributed by atoms with E-state index < -0.39 is 0 Å². The predicted octanol–water partition coefficient (Wildman–Crippen LogP) is 4.87. The third-order valence-corrected chi connectivity index (χ3v) is 4.33. The Labute approximate surface area is 136 Å². The Balaban J connectivity index is 1.88. The van der Waals surface area contributed by atoms with E-state index in [4.69, 9.17) is 11.6 Å². The molecule has 0 aliphatic carbocycles. The van der Waals surface area contributed by atoms with Crippen LogP contribution >= 0.6 is 11.6 Å². The van der Waals surface area contributed by atoms with Gasteiger partial charge in [0.2, 0.25) is 0 Å². The van der Waals surface area contributed by atoms with E-state index in [0.29, 0.717) is 5.92 Å². The van der Waals surface area contributed by atoms with Gasteiger partial charge in [-0.1, -0.05) is 59.6 Å². The molecule has 2 aromatic carbocycles. The molecule has 0 fully saturated rings. The first-order valence-electron chi connectivity index (χ1n) is 7.48. The van der Waals surface area contributed by atoms with E-state index in [0.717, 1.165) is 18.0 Å². The van der Waals surface area contributed by atoms with Gasteiger partial charge >= 0.3 is 0 Å². The highest BCUT2D eigenvalue weighted by Crippen LogP contribution is 2.27. The first-order chi connectivity index (χ1) is 10.7. The van der Waals surface area contributed by atoms with Crippen molar-refractivity contribution >= 4 is 11.6 Å². The third-order valence-electron chi connectivity index (χ3n) is 3.96. The minimum atomic E-state index is 0.370. The summed E-state index contributed by atoms with van der Waals surface area (Å²) >= 11 is 6.34. The van der Waals surface area contributed by atoms with Crippen LogP contribution in [-0.2, 0) is 13.0 Å². The number of halogens is 1. The van der Waals surface area contributed by atoms with Crippen molar-refractivity contribution in [2.24, 2.45) is 0 Å². The molecule has 2 nitrogen and oxygen atoms in total. The molecule has 0 amide bonds. The largest absolute Gasteiger partial charge is 0.337 e. The smallest absolute Gasteiger partial charge is 0.0946 e. The molecule has 0 saturated heterocycles. The van der Waals surface area contributed by atoms with Crippen molar-refractivity contribution in [2.75, 3.05) is 0 Å². The van der Waals surface area contributed by atoms with Crippen LogP contribution in [0.15, 0.2) is 67.3 Å². The first-order valence-corrected chi connectivity index (χ1v) is 7.86. The van der Waals surface area contributed by atoms with Crippen LogP contribution in [0.25, 0.3) is 0 Å². The van der Waals surface area contributed by atoms with Gasteiger partial charge in [-0.25, -0.2) is 4.98 Å². The molecular weight excluding hydrogens is 292 g/mol. The van der Waals surface area contributed by atoms with Gasteiger partial charge in [-0.15, -0.1) is 0 Å². The Morgan fingerprint density at radius 3 is 2.55 bits per heavy atom. The highest BCUT2D eigenvalue weighted by molar-refractivity contribution is 6.31. The molecule has 0 radical (unpaired) electrons. The maximum absolute atomic E-state index is 6.34. The standard InChI is InChI=1S/C19H19ClN2/c1-15-6-8-16(9-7-15)18(13-22-11-10-21-14-22)12-17-4-2-3-5-19(17)20/h2-11,14,18H,12-13H2,1H3. The Hall–Kier alpha value is -2.06. The topological polar surface area (TPSA) is 17.8 Å². The average Bonchev–Trinajstić information content (AvgIpc) is 3.03.